The van der Waals surface area contributed by atoms with Crippen molar-refractivity contribution in [2.24, 2.45) is 0 Å². The Morgan fingerprint density at radius 1 is 0.259 bits per heavy atom. The van der Waals surface area contributed by atoms with Gasteiger partial charge in [0.25, 0.3) is 0 Å². The number of allylic oxidation sites excluding steroid dienone is 18. The fraction of sp³-hybridized carbons (Fsp3) is 0.720. The van der Waals surface area contributed by atoms with Gasteiger partial charge in [-0.05, 0) is 109 Å². The second-order valence-electron chi connectivity index (χ2n) is 22.7. The third-order valence-corrected chi connectivity index (χ3v) is 14.8. The van der Waals surface area contributed by atoms with E-state index in [-0.39, 0.29) is 31.1 Å². The van der Waals surface area contributed by atoms with Gasteiger partial charge in [0.1, 0.15) is 13.2 Å². The number of esters is 3. The van der Waals surface area contributed by atoms with Crippen LogP contribution in [0.3, 0.4) is 0 Å². The minimum Gasteiger partial charge on any atom is -0.462 e. The van der Waals surface area contributed by atoms with Crippen LogP contribution in [0.25, 0.3) is 0 Å². The highest BCUT2D eigenvalue weighted by Gasteiger charge is 2.19. The highest BCUT2D eigenvalue weighted by atomic mass is 16.6. The highest BCUT2D eigenvalue weighted by Crippen LogP contribution is 2.17. The monoisotopic (exact) mass is 1120 g/mol. The standard InChI is InChI=1S/C75H128O6/c1-4-7-10-13-16-19-22-25-28-31-33-35-36-37-38-39-40-41-43-44-47-50-53-56-59-62-65-68-74(77)80-71-72(70-79-73(76)67-64-61-58-55-52-49-46-30-27-24-21-18-15-12-9-6-3)81-75(78)69-66-63-60-57-54-51-48-45-42-34-32-29-26-23-20-17-14-11-8-5-2/h7,10,16,19,21,24-25,28,30,33,35,37-38,40-41,44,46-47,72H,4-6,8-9,11-15,17-18,20,22-23,26-27,29,31-32,34,36,39,42-43,45,48-71H2,1-3H3/b10-7-,19-16-,24-21-,28-25-,35-33-,38-37-,41-40-,46-30-,47-44-. The van der Waals surface area contributed by atoms with Crippen molar-refractivity contribution in [3.63, 3.8) is 0 Å². The molecule has 0 saturated heterocycles. The molecule has 1 unspecified atom stereocenters. The molecule has 464 valence electrons. The second kappa shape index (κ2) is 68.6. The lowest BCUT2D eigenvalue weighted by molar-refractivity contribution is -0.167. The van der Waals surface area contributed by atoms with E-state index in [9.17, 15) is 14.4 Å². The number of carbonyl (C=O) groups excluding carboxylic acids is 3. The van der Waals surface area contributed by atoms with Crippen LogP contribution in [-0.4, -0.2) is 37.2 Å². The Morgan fingerprint density at radius 3 is 0.765 bits per heavy atom. The molecule has 0 amide bonds. The summed E-state index contributed by atoms with van der Waals surface area (Å²) in [6.45, 7) is 6.52. The van der Waals surface area contributed by atoms with Gasteiger partial charge in [-0.1, -0.05) is 310 Å². The maximum Gasteiger partial charge on any atom is 0.306 e. The second-order valence-corrected chi connectivity index (χ2v) is 22.7. The Labute approximate surface area is 501 Å². The van der Waals surface area contributed by atoms with Gasteiger partial charge in [0, 0.05) is 19.3 Å². The minimum absolute atomic E-state index is 0.0900. The van der Waals surface area contributed by atoms with Gasteiger partial charge in [0.2, 0.25) is 0 Å². The van der Waals surface area contributed by atoms with Gasteiger partial charge in [0.15, 0.2) is 6.10 Å². The molecule has 6 heteroatoms. The zero-order valence-electron chi connectivity index (χ0n) is 53.3. The fourth-order valence-electron chi connectivity index (χ4n) is 9.63. The van der Waals surface area contributed by atoms with Gasteiger partial charge in [-0.15, -0.1) is 0 Å². The third-order valence-electron chi connectivity index (χ3n) is 14.8. The Kier molecular flexibility index (Phi) is 65.2. The quantitative estimate of drug-likeness (QED) is 0.0261. The van der Waals surface area contributed by atoms with Crippen molar-refractivity contribution in [3.8, 4) is 0 Å². The zero-order chi connectivity index (χ0) is 58.5. The summed E-state index contributed by atoms with van der Waals surface area (Å²) in [7, 11) is 0. The molecule has 0 saturated carbocycles. The molecule has 6 nitrogen and oxygen atoms in total. The molecule has 0 aromatic heterocycles. The van der Waals surface area contributed by atoms with Crippen LogP contribution in [0.1, 0.15) is 329 Å². The van der Waals surface area contributed by atoms with Gasteiger partial charge in [-0.2, -0.15) is 0 Å². The largest absolute Gasteiger partial charge is 0.462 e. The van der Waals surface area contributed by atoms with Gasteiger partial charge in [-0.25, -0.2) is 0 Å². The van der Waals surface area contributed by atoms with Crippen LogP contribution >= 0.6 is 0 Å². The summed E-state index contributed by atoms with van der Waals surface area (Å²) in [5.74, 6) is -0.908. The van der Waals surface area contributed by atoms with Gasteiger partial charge >= 0.3 is 17.9 Å². The van der Waals surface area contributed by atoms with Crippen molar-refractivity contribution in [3.05, 3.63) is 109 Å². The Hall–Kier alpha value is -3.93. The topological polar surface area (TPSA) is 78.9 Å². The number of hydrogen-bond donors (Lipinski definition) is 0. The summed E-state index contributed by atoms with van der Waals surface area (Å²) in [5, 5.41) is 0. The molecular weight excluding hydrogens is 997 g/mol. The first-order valence-electron chi connectivity index (χ1n) is 34.4. The average Bonchev–Trinajstić information content (AvgIpc) is 3.47. The predicted octanol–water partition coefficient (Wildman–Crippen LogP) is 23.8. The van der Waals surface area contributed by atoms with E-state index in [0.29, 0.717) is 19.3 Å². The molecule has 0 aliphatic rings. The van der Waals surface area contributed by atoms with E-state index >= 15 is 0 Å². The number of hydrogen-bond acceptors (Lipinski definition) is 6. The van der Waals surface area contributed by atoms with Crippen LogP contribution in [0.4, 0.5) is 0 Å². The normalized spacial score (nSPS) is 12.8. The SMILES string of the molecule is CC/C=C\C/C=C\C/C=C\C/C=C\C/C=C\C/C=C\C/C=C\CCCCCCCC(=O)OCC(COC(=O)CCCCCCC/C=C\C/C=C\CCCCCC)OC(=O)CCCCCCCCCCCCCCCCCCCCCC. The summed E-state index contributed by atoms with van der Waals surface area (Å²) < 4.78 is 17.0. The third kappa shape index (κ3) is 66.8. The van der Waals surface area contributed by atoms with Gasteiger partial charge in [-0.3, -0.25) is 14.4 Å². The maximum absolute atomic E-state index is 13.0. The van der Waals surface area contributed by atoms with Crippen molar-refractivity contribution < 1.29 is 28.6 Å². The van der Waals surface area contributed by atoms with Crippen molar-refractivity contribution in [2.75, 3.05) is 13.2 Å². The summed E-state index contributed by atoms with van der Waals surface area (Å²) in [6, 6.07) is 0. The first-order chi connectivity index (χ1) is 40.0. The van der Waals surface area contributed by atoms with Crippen molar-refractivity contribution in [1.29, 1.82) is 0 Å². The van der Waals surface area contributed by atoms with E-state index in [4.69, 9.17) is 14.2 Å². The Morgan fingerprint density at radius 2 is 0.481 bits per heavy atom. The van der Waals surface area contributed by atoms with Crippen LogP contribution in [0.2, 0.25) is 0 Å². The van der Waals surface area contributed by atoms with E-state index < -0.39 is 6.10 Å². The predicted molar refractivity (Wildman–Crippen MR) is 353 cm³/mol. The van der Waals surface area contributed by atoms with Crippen molar-refractivity contribution in [2.45, 2.75) is 335 Å². The molecule has 0 fully saturated rings. The Bertz CT molecular complexity index is 1620. The molecule has 0 spiro atoms. The van der Waals surface area contributed by atoms with Crippen LogP contribution in [0, 0.1) is 0 Å². The van der Waals surface area contributed by atoms with Crippen LogP contribution < -0.4 is 0 Å². The zero-order valence-corrected chi connectivity index (χ0v) is 53.3. The lowest BCUT2D eigenvalue weighted by Crippen LogP contribution is -2.30. The van der Waals surface area contributed by atoms with Crippen LogP contribution in [0.5, 0.6) is 0 Å². The molecule has 0 rings (SSSR count). The molecule has 0 aromatic carbocycles. The van der Waals surface area contributed by atoms with E-state index in [1.165, 1.54) is 141 Å². The number of unbranched alkanes of at least 4 members (excludes halogenated alkanes) is 33. The smallest absolute Gasteiger partial charge is 0.306 e. The number of carbonyl (C=O) groups is 3. The molecule has 0 aliphatic heterocycles. The first kappa shape index (κ1) is 77.1. The summed E-state index contributed by atoms with van der Waals surface area (Å²) >= 11 is 0. The maximum atomic E-state index is 13.0. The van der Waals surface area contributed by atoms with E-state index in [1.54, 1.807) is 0 Å². The molecular formula is C75H128O6. The van der Waals surface area contributed by atoms with Crippen LogP contribution in [-0.2, 0) is 28.6 Å². The van der Waals surface area contributed by atoms with Gasteiger partial charge < -0.3 is 14.2 Å². The van der Waals surface area contributed by atoms with Gasteiger partial charge in [0.05, 0.1) is 0 Å². The molecule has 0 bridgehead atoms. The van der Waals surface area contributed by atoms with E-state index in [2.05, 4.69) is 130 Å². The van der Waals surface area contributed by atoms with Crippen molar-refractivity contribution >= 4 is 17.9 Å². The first-order valence-corrected chi connectivity index (χ1v) is 34.4. The summed E-state index contributed by atoms with van der Waals surface area (Å²) in [4.78, 5) is 38.4. The molecule has 0 radical (unpaired) electrons. The van der Waals surface area contributed by atoms with Crippen LogP contribution in [0.15, 0.2) is 109 Å². The molecule has 1 atom stereocenters. The van der Waals surface area contributed by atoms with E-state index in [1.807, 2.05) is 0 Å². The number of ether oxygens (including phenoxy) is 3. The molecule has 0 aromatic rings. The molecule has 81 heavy (non-hydrogen) atoms. The Balaban J connectivity index is 4.41. The average molecular weight is 1130 g/mol. The summed E-state index contributed by atoms with van der Waals surface area (Å²) in [5.41, 5.74) is 0. The molecule has 0 N–H and O–H groups in total. The number of rotatable bonds is 62. The van der Waals surface area contributed by atoms with E-state index in [0.717, 1.165) is 148 Å². The lowest BCUT2D eigenvalue weighted by Gasteiger charge is -2.18. The highest BCUT2D eigenvalue weighted by molar-refractivity contribution is 5.71. The molecule has 0 aliphatic carbocycles. The summed E-state index contributed by atoms with van der Waals surface area (Å²) in [6.07, 6.45) is 93.8. The minimum atomic E-state index is -0.794. The fourth-order valence-corrected chi connectivity index (χ4v) is 9.63. The van der Waals surface area contributed by atoms with Crippen molar-refractivity contribution in [1.82, 2.24) is 0 Å². The molecule has 0 heterocycles. The lowest BCUT2D eigenvalue weighted by atomic mass is 10.0.